The van der Waals surface area contributed by atoms with Crippen molar-refractivity contribution in [3.8, 4) is 40.2 Å². The number of alkyl halides is 9. The average molecular weight is 2150 g/mol. The van der Waals surface area contributed by atoms with Gasteiger partial charge in [-0.3, -0.25) is 39.4 Å². The number of benzene rings is 8. The number of aliphatic carboxylic acids is 1. The second-order valence-corrected chi connectivity index (χ2v) is 40.5. The summed E-state index contributed by atoms with van der Waals surface area (Å²) in [4.78, 5) is 50.5. The Morgan fingerprint density at radius 3 is 1.18 bits per heavy atom. The van der Waals surface area contributed by atoms with Crippen molar-refractivity contribution in [1.82, 2.24) is 34.8 Å². The minimum atomic E-state index is -4.55. The number of carboxylic acids is 1. The molecule has 4 aliphatic carbocycles. The van der Waals surface area contributed by atoms with Crippen molar-refractivity contribution < 1.29 is 88.1 Å². The maximum atomic E-state index is 14.2. The lowest BCUT2D eigenvalue weighted by Gasteiger charge is -2.48. The van der Waals surface area contributed by atoms with E-state index in [0.717, 1.165) is 184 Å². The summed E-state index contributed by atoms with van der Waals surface area (Å²) in [7, 11) is 1.67. The van der Waals surface area contributed by atoms with Crippen LogP contribution in [0.3, 0.4) is 0 Å². The number of methoxy groups -OCH3 is 1. The van der Waals surface area contributed by atoms with E-state index in [2.05, 4.69) is 138 Å². The maximum Gasteiger partial charge on any atom is 0.420 e. The first-order valence-electron chi connectivity index (χ1n) is 48.3. The Balaban J connectivity index is 0.000000134. The van der Waals surface area contributed by atoms with Gasteiger partial charge in [0, 0.05) is 79.4 Å². The Morgan fingerprint density at radius 1 is 0.386 bits per heavy atom. The zero-order valence-corrected chi connectivity index (χ0v) is 84.7. The predicted molar refractivity (Wildman–Crippen MR) is 549 cm³/mol. The molecule has 14 aromatic rings. The summed E-state index contributed by atoms with van der Waals surface area (Å²) in [5, 5.41) is 33.2. The number of aromatic hydroxyl groups is 2. The lowest BCUT2D eigenvalue weighted by atomic mass is 9.78. The number of piperidine rings is 2. The highest BCUT2D eigenvalue weighted by Crippen LogP contribution is 2.48. The summed E-state index contributed by atoms with van der Waals surface area (Å²) in [6.45, 7) is 19.1. The average Bonchev–Trinajstić information content (AvgIpc) is 0.786. The molecule has 28 heteroatoms. The number of hydrogen-bond donors (Lipinski definition) is 3. The van der Waals surface area contributed by atoms with Crippen LogP contribution in [0, 0.1) is 71.3 Å². The van der Waals surface area contributed by atoms with E-state index in [1.165, 1.54) is 77.1 Å². The molecular weight excluding hydrogens is 2030 g/mol. The fourth-order valence-corrected chi connectivity index (χ4v) is 21.0. The topological polar surface area (TPSA) is 222 Å². The van der Waals surface area contributed by atoms with Gasteiger partial charge in [-0.1, -0.05) is 70.5 Å². The van der Waals surface area contributed by atoms with E-state index < -0.39 is 41.2 Å². The third-order valence-corrected chi connectivity index (χ3v) is 29.6. The van der Waals surface area contributed by atoms with Gasteiger partial charge in [0.05, 0.1) is 77.7 Å². The molecular formula is C112H120F9I2N7O10. The van der Waals surface area contributed by atoms with E-state index in [-0.39, 0.29) is 86.7 Å². The van der Waals surface area contributed by atoms with Crippen molar-refractivity contribution in [2.45, 2.75) is 259 Å². The molecule has 140 heavy (non-hydrogen) atoms. The van der Waals surface area contributed by atoms with E-state index in [9.17, 15) is 64.4 Å². The van der Waals surface area contributed by atoms with Gasteiger partial charge in [-0.05, 0) is 400 Å². The second-order valence-electron chi connectivity index (χ2n) is 38.4. The number of aromatic nitrogens is 6. The largest absolute Gasteiger partial charge is 0.508 e. The van der Waals surface area contributed by atoms with Crippen LogP contribution in [-0.2, 0) is 29.9 Å². The Hall–Kier alpha value is -11.0. The number of fused-ring (bicyclic) bond motifs is 9. The van der Waals surface area contributed by atoms with Gasteiger partial charge >= 0.3 is 24.5 Å². The molecule has 8 heterocycles. The number of phenols is 2. The number of halogens is 11. The smallest absolute Gasteiger partial charge is 0.420 e. The molecule has 6 aromatic heterocycles. The first kappa shape index (κ1) is 105. The number of carboxylic acid groups (broad SMARTS) is 1. The number of phenolic OH excluding ortho intramolecular Hbond substituents is 2. The van der Waals surface area contributed by atoms with Gasteiger partial charge in [0.15, 0.2) is 6.29 Å². The Kier molecular flexibility index (Phi) is 35.1. The first-order chi connectivity index (χ1) is 66.8. The summed E-state index contributed by atoms with van der Waals surface area (Å²) >= 11 is 4.51. The highest BCUT2D eigenvalue weighted by Gasteiger charge is 2.44. The number of aldehydes is 1. The number of aryl methyl sites for hydroxylation is 5. The second kappa shape index (κ2) is 46.8. The normalized spacial score (nSPS) is 20.9. The lowest BCUT2D eigenvalue weighted by Crippen LogP contribution is -2.52. The molecule has 2 saturated heterocycles. The number of carbonyl (C=O) groups is 2. The van der Waals surface area contributed by atoms with E-state index in [1.54, 1.807) is 62.6 Å². The third kappa shape index (κ3) is 27.5. The molecule has 20 rings (SSSR count). The van der Waals surface area contributed by atoms with Crippen molar-refractivity contribution in [1.29, 1.82) is 0 Å². The standard InChI is InChI=1S/C28H34F3NO3.C18H18F3NO2.C18H20F3NO.C17H20INO.C11H11NO.C10H8INO.C10H9NO/c1-17-5-9-23(10-6-17)35-25-12-8-19-13-18(7-11-24(19)26(25)28(29,30)31)16-32-21-3-2-4-22(32)15-20(14-21)27(33)34;1-11-2-5-13(6-3-11)24-16-9-8-15-14(17(16)18(19,20)21)7-4-12(10-23)22-15;1-11-3-6-13(7-4-11)23-16-10-9-15-14(8-5-12(2)22-15)17(16)18(19,20)21;1-11-3-6-13(7-4-11)20-16-10-9-15-14(17(16)18)8-5-12(2)19-15;1-8-3-4-9-7-10(13-2)5-6-11(9)12-8;1-6-2-3-7-8(12-6)4-5-9(13)10(7)11;1-7-2-3-8-6-9(12)4-5-10(8)11-7/h7-8,11-13,17,20-23H,2-6,9-10,14-16H2,1H3,(H,33,34);4,7-11,13H,2-3,5-6H2,1H3;5,8-11,13H,3-4,6-7H2,1-2H3;5,8-11,13H,3-4,6-7H2,1-2H3;3-7H,1-2H3;2-5,13H,1H3;2-6,12H,1H3. The molecule has 0 radical (unpaired) electrons. The van der Waals surface area contributed by atoms with Gasteiger partial charge in [0.2, 0.25) is 0 Å². The van der Waals surface area contributed by atoms with Crippen molar-refractivity contribution in [2.75, 3.05) is 7.11 Å². The predicted octanol–water partition coefficient (Wildman–Crippen LogP) is 30.3. The Bertz CT molecular complexity index is 6620. The van der Waals surface area contributed by atoms with Crippen LogP contribution in [0.25, 0.3) is 76.2 Å². The molecule has 0 amide bonds. The number of carbonyl (C=O) groups excluding carboxylic acids is 1. The molecule has 0 spiro atoms. The molecule has 3 N–H and O–H groups in total. The summed E-state index contributed by atoms with van der Waals surface area (Å²) in [6, 6.07) is 55.2. The number of pyridine rings is 6. The maximum absolute atomic E-state index is 14.2. The van der Waals surface area contributed by atoms with Crippen LogP contribution < -0.4 is 23.7 Å². The van der Waals surface area contributed by atoms with Gasteiger partial charge in [-0.25, -0.2) is 4.98 Å². The third-order valence-electron chi connectivity index (χ3n) is 27.4. The minimum absolute atomic E-state index is 0.0465. The zero-order valence-electron chi connectivity index (χ0n) is 80.4. The molecule has 6 aliphatic rings. The fourth-order valence-electron chi connectivity index (χ4n) is 19.6. The van der Waals surface area contributed by atoms with E-state index >= 15 is 0 Å². The van der Waals surface area contributed by atoms with Gasteiger partial charge < -0.3 is 39.0 Å². The van der Waals surface area contributed by atoms with Crippen molar-refractivity contribution in [3.63, 3.8) is 0 Å². The Morgan fingerprint density at radius 2 is 0.736 bits per heavy atom. The number of rotatable bonds is 13. The number of ether oxygens (including phenoxy) is 5. The van der Waals surface area contributed by atoms with Crippen LogP contribution in [0.4, 0.5) is 39.5 Å². The van der Waals surface area contributed by atoms with Crippen LogP contribution in [-0.4, -0.2) is 106 Å². The molecule has 2 atom stereocenters. The van der Waals surface area contributed by atoms with Crippen molar-refractivity contribution in [2.24, 2.45) is 29.6 Å². The van der Waals surface area contributed by atoms with E-state index in [0.29, 0.717) is 71.9 Å². The number of nitrogens with zero attached hydrogens (tertiary/aromatic N) is 7. The molecule has 740 valence electrons. The summed E-state index contributed by atoms with van der Waals surface area (Å²) < 4.78 is 155. The zero-order chi connectivity index (χ0) is 100. The van der Waals surface area contributed by atoms with Gasteiger partial charge in [0.25, 0.3) is 0 Å². The highest BCUT2D eigenvalue weighted by molar-refractivity contribution is 14.1. The monoisotopic (exact) mass is 2150 g/mol. The highest BCUT2D eigenvalue weighted by atomic mass is 127. The Labute approximate surface area is 837 Å². The molecule has 8 aromatic carbocycles. The van der Waals surface area contributed by atoms with Crippen LogP contribution in [0.5, 0.6) is 40.2 Å². The molecule has 2 unspecified atom stereocenters. The van der Waals surface area contributed by atoms with Gasteiger partial charge in [-0.2, -0.15) is 39.5 Å². The van der Waals surface area contributed by atoms with Crippen LogP contribution in [0.2, 0.25) is 0 Å². The molecule has 6 fully saturated rings. The summed E-state index contributed by atoms with van der Waals surface area (Å²) in [5.41, 5.74) is 8.05. The van der Waals surface area contributed by atoms with Crippen LogP contribution in [0.15, 0.2) is 188 Å². The molecule has 2 aliphatic heterocycles. The SMILES string of the molecule is CC1CCC(Oc2ccc3cc(CN4C5CCCC4CC(C(=O)O)C5)ccc3c2C(F)(F)F)CC1.CC1CCC(Oc2ccc3nc(C=O)ccc3c2C(F)(F)F)CC1.COc1ccc2nc(C)ccc2c1.Cc1ccc2c(C(F)(F)F)c(OC3CCC(C)CC3)ccc2n1.Cc1ccc2c(I)c(O)ccc2n1.Cc1ccc2c(I)c(OC3CCC(C)CC3)ccc2n1.Cc1ccc2cc(O)ccc2n1. The van der Waals surface area contributed by atoms with Gasteiger partial charge in [-0.15, -0.1) is 0 Å². The van der Waals surface area contributed by atoms with Crippen molar-refractivity contribution in [3.05, 3.63) is 252 Å². The number of hydrogen-bond acceptors (Lipinski definition) is 16. The summed E-state index contributed by atoms with van der Waals surface area (Å²) in [6.07, 6.45) is 6.78. The first-order valence-corrected chi connectivity index (χ1v) is 50.4. The molecule has 17 nitrogen and oxygen atoms in total. The van der Waals surface area contributed by atoms with E-state index in [4.69, 9.17) is 23.7 Å². The van der Waals surface area contributed by atoms with Crippen molar-refractivity contribution >= 4 is 134 Å². The minimum Gasteiger partial charge on any atom is -0.508 e. The fraction of sp³-hybridized carbons (Fsp3) is 0.411. The quantitative estimate of drug-likeness (QED) is 0.0555. The van der Waals surface area contributed by atoms with Crippen LogP contribution in [0.1, 0.15) is 224 Å². The molecule has 4 saturated carbocycles. The van der Waals surface area contributed by atoms with Gasteiger partial charge in [0.1, 0.15) is 62.6 Å². The lowest BCUT2D eigenvalue weighted by molar-refractivity contribution is -0.146. The van der Waals surface area contributed by atoms with E-state index in [1.807, 2.05) is 94.4 Å². The summed E-state index contributed by atoms with van der Waals surface area (Å²) in [5.74, 6) is 3.86. The van der Waals surface area contributed by atoms with Crippen LogP contribution >= 0.6 is 45.2 Å². The molecule has 2 bridgehead atoms.